The van der Waals surface area contributed by atoms with Crippen molar-refractivity contribution in [1.29, 1.82) is 0 Å². The van der Waals surface area contributed by atoms with E-state index in [0.29, 0.717) is 13.0 Å². The summed E-state index contributed by atoms with van der Waals surface area (Å²) in [4.78, 5) is 13.5. The van der Waals surface area contributed by atoms with E-state index in [1.54, 1.807) is 19.1 Å². The molecule has 0 saturated carbocycles. The van der Waals surface area contributed by atoms with Crippen molar-refractivity contribution in [2.75, 3.05) is 14.2 Å². The van der Waals surface area contributed by atoms with Crippen molar-refractivity contribution in [2.24, 2.45) is 5.73 Å². The summed E-state index contributed by atoms with van der Waals surface area (Å²) in [6.45, 7) is 2.33. The summed E-state index contributed by atoms with van der Waals surface area (Å²) in [5.74, 6) is 0.811. The van der Waals surface area contributed by atoms with Gasteiger partial charge in [-0.1, -0.05) is 15.9 Å². The molecule has 1 aromatic carbocycles. The average Bonchev–Trinajstić information content (AvgIpc) is 2.28. The van der Waals surface area contributed by atoms with Crippen LogP contribution in [0, 0.1) is 0 Å². The molecule has 0 saturated heterocycles. The normalized spacial score (nSPS) is 12.1. The van der Waals surface area contributed by atoms with Gasteiger partial charge in [0.05, 0.1) is 7.11 Å². The van der Waals surface area contributed by atoms with E-state index in [-0.39, 0.29) is 11.9 Å². The monoisotopic (exact) mass is 314 g/mol. The van der Waals surface area contributed by atoms with E-state index in [1.807, 2.05) is 25.1 Å². The van der Waals surface area contributed by atoms with Crippen molar-refractivity contribution < 1.29 is 9.53 Å². The second kappa shape index (κ2) is 6.75. The molecule has 1 amide bonds. The number of amides is 1. The second-order valence-corrected chi connectivity index (χ2v) is 5.30. The van der Waals surface area contributed by atoms with E-state index in [0.717, 1.165) is 15.8 Å². The third-order valence-electron chi connectivity index (χ3n) is 2.57. The molecule has 100 valence electrons. The van der Waals surface area contributed by atoms with E-state index in [4.69, 9.17) is 10.5 Å². The fourth-order valence-electron chi connectivity index (χ4n) is 1.65. The molecule has 1 aromatic rings. The Hall–Kier alpha value is -1.07. The molecule has 18 heavy (non-hydrogen) atoms. The Balaban J connectivity index is 2.77. The molecular formula is C13H19BrN2O2. The Kier molecular flexibility index (Phi) is 5.62. The molecule has 0 aliphatic rings. The summed E-state index contributed by atoms with van der Waals surface area (Å²) >= 11 is 3.41. The molecule has 0 heterocycles. The minimum absolute atomic E-state index is 0.0343. The zero-order valence-electron chi connectivity index (χ0n) is 10.9. The predicted octanol–water partition coefficient (Wildman–Crippen LogP) is 2.15. The SMILES string of the molecule is COc1ccc(Br)cc1CN(C)C(=O)CC(C)N. The van der Waals surface area contributed by atoms with Gasteiger partial charge in [-0.3, -0.25) is 4.79 Å². The molecule has 1 unspecified atom stereocenters. The lowest BCUT2D eigenvalue weighted by molar-refractivity contribution is -0.130. The molecule has 0 aromatic heterocycles. The first-order valence-corrected chi connectivity index (χ1v) is 6.55. The van der Waals surface area contributed by atoms with E-state index in [1.165, 1.54) is 0 Å². The standard InChI is InChI=1S/C13H19BrN2O2/c1-9(15)6-13(17)16(2)8-10-7-11(14)4-5-12(10)18-3/h4-5,7,9H,6,8,15H2,1-3H3. The van der Waals surface area contributed by atoms with Crippen molar-refractivity contribution in [2.45, 2.75) is 25.9 Å². The molecule has 0 spiro atoms. The lowest BCUT2D eigenvalue weighted by Crippen LogP contribution is -2.31. The smallest absolute Gasteiger partial charge is 0.224 e. The van der Waals surface area contributed by atoms with Gasteiger partial charge >= 0.3 is 0 Å². The third kappa shape index (κ3) is 4.31. The predicted molar refractivity (Wildman–Crippen MR) is 75.4 cm³/mol. The maximum atomic E-state index is 11.8. The van der Waals surface area contributed by atoms with Crippen LogP contribution >= 0.6 is 15.9 Å². The van der Waals surface area contributed by atoms with Gasteiger partial charge in [-0.05, 0) is 25.1 Å². The Labute approximate surface area is 116 Å². The van der Waals surface area contributed by atoms with Crippen LogP contribution in [0.4, 0.5) is 0 Å². The van der Waals surface area contributed by atoms with Crippen molar-refractivity contribution in [3.8, 4) is 5.75 Å². The molecular weight excluding hydrogens is 296 g/mol. The van der Waals surface area contributed by atoms with Crippen molar-refractivity contribution in [3.63, 3.8) is 0 Å². The Morgan fingerprint density at radius 3 is 2.78 bits per heavy atom. The Morgan fingerprint density at radius 2 is 2.22 bits per heavy atom. The minimum Gasteiger partial charge on any atom is -0.496 e. The molecule has 5 heteroatoms. The second-order valence-electron chi connectivity index (χ2n) is 4.39. The van der Waals surface area contributed by atoms with Gasteiger partial charge in [-0.2, -0.15) is 0 Å². The van der Waals surface area contributed by atoms with Crippen molar-refractivity contribution in [3.05, 3.63) is 28.2 Å². The first-order valence-electron chi connectivity index (χ1n) is 5.76. The number of halogens is 1. The van der Waals surface area contributed by atoms with Gasteiger partial charge in [0, 0.05) is 36.1 Å². The summed E-state index contributed by atoms with van der Waals surface area (Å²) in [7, 11) is 3.39. The van der Waals surface area contributed by atoms with Crippen molar-refractivity contribution in [1.82, 2.24) is 4.90 Å². The molecule has 4 nitrogen and oxygen atoms in total. The van der Waals surface area contributed by atoms with Gasteiger partial charge in [0.15, 0.2) is 0 Å². The van der Waals surface area contributed by atoms with Gasteiger partial charge in [0.25, 0.3) is 0 Å². The van der Waals surface area contributed by atoms with E-state index in [9.17, 15) is 4.79 Å². The maximum Gasteiger partial charge on any atom is 0.224 e. The van der Waals surface area contributed by atoms with E-state index < -0.39 is 0 Å². The van der Waals surface area contributed by atoms with Crippen LogP contribution in [-0.4, -0.2) is 31.0 Å². The summed E-state index contributed by atoms with van der Waals surface area (Å²) in [5.41, 5.74) is 6.59. The zero-order chi connectivity index (χ0) is 13.7. The summed E-state index contributed by atoms with van der Waals surface area (Å²) in [6.07, 6.45) is 0.354. The summed E-state index contributed by atoms with van der Waals surface area (Å²) < 4.78 is 6.24. The van der Waals surface area contributed by atoms with E-state index in [2.05, 4.69) is 15.9 Å². The Morgan fingerprint density at radius 1 is 1.56 bits per heavy atom. The van der Waals surface area contributed by atoms with Gasteiger partial charge in [0.2, 0.25) is 5.91 Å². The number of benzene rings is 1. The summed E-state index contributed by atoms with van der Waals surface area (Å²) in [5, 5.41) is 0. The van der Waals surface area contributed by atoms with Gasteiger partial charge in [-0.25, -0.2) is 0 Å². The molecule has 0 aliphatic heterocycles. The van der Waals surface area contributed by atoms with E-state index >= 15 is 0 Å². The lowest BCUT2D eigenvalue weighted by atomic mass is 10.1. The molecule has 0 bridgehead atoms. The molecule has 0 radical (unpaired) electrons. The van der Waals surface area contributed by atoms with Crippen LogP contribution in [0.25, 0.3) is 0 Å². The van der Waals surface area contributed by atoms with Gasteiger partial charge in [0.1, 0.15) is 5.75 Å². The number of hydrogen-bond donors (Lipinski definition) is 1. The van der Waals surface area contributed by atoms with Crippen LogP contribution in [0.1, 0.15) is 18.9 Å². The van der Waals surface area contributed by atoms with Crippen LogP contribution in [0.3, 0.4) is 0 Å². The van der Waals surface area contributed by atoms with Crippen LogP contribution < -0.4 is 10.5 Å². The topological polar surface area (TPSA) is 55.6 Å². The van der Waals surface area contributed by atoms with Gasteiger partial charge < -0.3 is 15.4 Å². The average molecular weight is 315 g/mol. The molecule has 2 N–H and O–H groups in total. The van der Waals surface area contributed by atoms with Crippen LogP contribution in [0.2, 0.25) is 0 Å². The number of carbonyl (C=O) groups is 1. The number of hydrogen-bond acceptors (Lipinski definition) is 3. The molecule has 0 fully saturated rings. The van der Waals surface area contributed by atoms with Crippen LogP contribution in [-0.2, 0) is 11.3 Å². The minimum atomic E-state index is -0.121. The number of ether oxygens (including phenoxy) is 1. The van der Waals surface area contributed by atoms with Crippen LogP contribution in [0.15, 0.2) is 22.7 Å². The maximum absolute atomic E-state index is 11.8. The van der Waals surface area contributed by atoms with Gasteiger partial charge in [-0.15, -0.1) is 0 Å². The van der Waals surface area contributed by atoms with Crippen LogP contribution in [0.5, 0.6) is 5.75 Å². The molecule has 0 aliphatic carbocycles. The third-order valence-corrected chi connectivity index (χ3v) is 3.07. The summed E-state index contributed by atoms with van der Waals surface area (Å²) in [6, 6.07) is 5.62. The largest absolute Gasteiger partial charge is 0.496 e. The molecule has 1 rings (SSSR count). The highest BCUT2D eigenvalue weighted by atomic mass is 79.9. The fraction of sp³-hybridized carbons (Fsp3) is 0.462. The Bertz CT molecular complexity index is 421. The zero-order valence-corrected chi connectivity index (χ0v) is 12.5. The number of methoxy groups -OCH3 is 1. The number of nitrogens with zero attached hydrogens (tertiary/aromatic N) is 1. The highest BCUT2D eigenvalue weighted by molar-refractivity contribution is 9.10. The number of rotatable bonds is 5. The quantitative estimate of drug-likeness (QED) is 0.906. The highest BCUT2D eigenvalue weighted by Crippen LogP contribution is 2.24. The molecule has 1 atom stereocenters. The number of carbonyl (C=O) groups excluding carboxylic acids is 1. The first-order chi connectivity index (χ1) is 8.43. The number of nitrogens with two attached hydrogens (primary N) is 1. The fourth-order valence-corrected chi connectivity index (χ4v) is 2.05. The lowest BCUT2D eigenvalue weighted by Gasteiger charge is -2.20. The highest BCUT2D eigenvalue weighted by Gasteiger charge is 2.13. The van der Waals surface area contributed by atoms with Crippen molar-refractivity contribution >= 4 is 21.8 Å². The first kappa shape index (κ1) is 15.0.